The average Bonchev–Trinajstić information content (AvgIpc) is 2.29. The second-order valence-electron chi connectivity index (χ2n) is 4.53. The van der Waals surface area contributed by atoms with Crippen molar-refractivity contribution in [3.63, 3.8) is 0 Å². The van der Waals surface area contributed by atoms with Crippen molar-refractivity contribution >= 4 is 10.9 Å². The molecule has 0 unspecified atom stereocenters. The maximum absolute atomic E-state index is 11.6. The van der Waals surface area contributed by atoms with Crippen LogP contribution in [0.5, 0.6) is 0 Å². The molecular weight excluding hydrogens is 212 g/mol. The van der Waals surface area contributed by atoms with E-state index in [4.69, 9.17) is 5.26 Å². The topological polar surface area (TPSA) is 56.6 Å². The van der Waals surface area contributed by atoms with Gasteiger partial charge in [-0.2, -0.15) is 5.26 Å². The minimum atomic E-state index is -0.310. The Morgan fingerprint density at radius 1 is 1.35 bits per heavy atom. The van der Waals surface area contributed by atoms with Crippen LogP contribution in [0.2, 0.25) is 0 Å². The Bertz CT molecular complexity index is 675. The number of pyridine rings is 1. The molecule has 0 spiro atoms. The Hall–Kier alpha value is -2.08. The van der Waals surface area contributed by atoms with Gasteiger partial charge in [-0.15, -0.1) is 0 Å². The standard InChI is InChI=1S/C14H14N2O/c1-8(2)10-4-5-13-11(6-10)9(3)12(7-15)14(17)16-13/h4-6,8H,1-3H3,(H,16,17). The van der Waals surface area contributed by atoms with Gasteiger partial charge in [-0.05, 0) is 36.1 Å². The number of hydrogen-bond acceptors (Lipinski definition) is 2. The van der Waals surface area contributed by atoms with Crippen LogP contribution in [0, 0.1) is 18.3 Å². The van der Waals surface area contributed by atoms with Crippen LogP contribution >= 0.6 is 0 Å². The molecule has 2 rings (SSSR count). The predicted octanol–water partition coefficient (Wildman–Crippen LogP) is 2.83. The molecule has 0 saturated heterocycles. The van der Waals surface area contributed by atoms with E-state index in [0.29, 0.717) is 5.92 Å². The third kappa shape index (κ3) is 1.83. The van der Waals surface area contributed by atoms with E-state index in [1.165, 1.54) is 5.56 Å². The van der Waals surface area contributed by atoms with Crippen molar-refractivity contribution < 1.29 is 0 Å². The van der Waals surface area contributed by atoms with Crippen molar-refractivity contribution in [1.29, 1.82) is 5.26 Å². The summed E-state index contributed by atoms with van der Waals surface area (Å²) in [5, 5.41) is 9.92. The van der Waals surface area contributed by atoms with Crippen LogP contribution in [0.15, 0.2) is 23.0 Å². The number of fused-ring (bicyclic) bond motifs is 1. The van der Waals surface area contributed by atoms with Gasteiger partial charge in [0.25, 0.3) is 5.56 Å². The summed E-state index contributed by atoms with van der Waals surface area (Å²) >= 11 is 0. The number of aromatic nitrogens is 1. The summed E-state index contributed by atoms with van der Waals surface area (Å²) in [6, 6.07) is 7.92. The lowest BCUT2D eigenvalue weighted by molar-refractivity contribution is 0.868. The monoisotopic (exact) mass is 226 g/mol. The molecule has 2 aromatic rings. The Labute approximate surface area is 99.7 Å². The second-order valence-corrected chi connectivity index (χ2v) is 4.53. The quantitative estimate of drug-likeness (QED) is 0.812. The summed E-state index contributed by atoms with van der Waals surface area (Å²) in [6.45, 7) is 6.06. The maximum Gasteiger partial charge on any atom is 0.266 e. The van der Waals surface area contributed by atoms with Gasteiger partial charge in [-0.25, -0.2) is 0 Å². The molecule has 0 aliphatic heterocycles. The fourth-order valence-electron chi connectivity index (χ4n) is 1.96. The number of H-pyrrole nitrogens is 1. The summed E-state index contributed by atoms with van der Waals surface area (Å²) in [5.74, 6) is 0.427. The van der Waals surface area contributed by atoms with Gasteiger partial charge < -0.3 is 4.98 Å². The third-order valence-corrected chi connectivity index (χ3v) is 3.08. The zero-order valence-corrected chi connectivity index (χ0v) is 10.2. The highest BCUT2D eigenvalue weighted by molar-refractivity contribution is 5.84. The van der Waals surface area contributed by atoms with Gasteiger partial charge in [0.1, 0.15) is 11.6 Å². The molecule has 0 fully saturated rings. The molecule has 1 N–H and O–H groups in total. The van der Waals surface area contributed by atoms with Gasteiger partial charge in [0, 0.05) is 10.9 Å². The van der Waals surface area contributed by atoms with Gasteiger partial charge in [0.05, 0.1) is 0 Å². The zero-order chi connectivity index (χ0) is 12.6. The number of hydrogen-bond donors (Lipinski definition) is 1. The van der Waals surface area contributed by atoms with Crippen LogP contribution in [-0.2, 0) is 0 Å². The first-order valence-corrected chi connectivity index (χ1v) is 5.61. The molecular formula is C14H14N2O. The molecule has 0 bridgehead atoms. The van der Waals surface area contributed by atoms with Gasteiger partial charge in [-0.1, -0.05) is 19.9 Å². The Balaban J connectivity index is 2.86. The van der Waals surface area contributed by atoms with Crippen LogP contribution in [-0.4, -0.2) is 4.98 Å². The SMILES string of the molecule is Cc1c(C#N)c(=O)[nH]c2ccc(C(C)C)cc12. The van der Waals surface area contributed by atoms with Crippen LogP contribution in [0.1, 0.15) is 36.5 Å². The minimum absolute atomic E-state index is 0.207. The molecule has 3 heteroatoms. The summed E-state index contributed by atoms with van der Waals surface area (Å²) in [7, 11) is 0. The molecule has 3 nitrogen and oxygen atoms in total. The van der Waals surface area contributed by atoms with Gasteiger partial charge in [0.2, 0.25) is 0 Å². The first kappa shape index (κ1) is 11.4. The number of nitriles is 1. The van der Waals surface area contributed by atoms with Crippen molar-refractivity contribution in [3.05, 3.63) is 45.2 Å². The summed E-state index contributed by atoms with van der Waals surface area (Å²) in [5.41, 5.74) is 2.65. The first-order valence-electron chi connectivity index (χ1n) is 5.61. The molecule has 1 heterocycles. The van der Waals surface area contributed by atoms with Crippen molar-refractivity contribution in [2.24, 2.45) is 0 Å². The number of nitrogens with zero attached hydrogens (tertiary/aromatic N) is 1. The number of aryl methyl sites for hydroxylation is 1. The van der Waals surface area contributed by atoms with Crippen LogP contribution in [0.3, 0.4) is 0 Å². The summed E-state index contributed by atoms with van der Waals surface area (Å²) in [4.78, 5) is 14.4. The number of rotatable bonds is 1. The molecule has 0 radical (unpaired) electrons. The highest BCUT2D eigenvalue weighted by Gasteiger charge is 2.09. The van der Waals surface area contributed by atoms with Gasteiger partial charge in [-0.3, -0.25) is 4.79 Å². The molecule has 0 saturated carbocycles. The average molecular weight is 226 g/mol. The third-order valence-electron chi connectivity index (χ3n) is 3.08. The Morgan fingerprint density at radius 2 is 2.06 bits per heavy atom. The van der Waals surface area contributed by atoms with Gasteiger partial charge in [0.15, 0.2) is 0 Å². The van der Waals surface area contributed by atoms with E-state index in [1.54, 1.807) is 0 Å². The van der Waals surface area contributed by atoms with Crippen LogP contribution < -0.4 is 5.56 Å². The van der Waals surface area contributed by atoms with E-state index in [2.05, 4.69) is 18.8 Å². The van der Waals surface area contributed by atoms with Gasteiger partial charge >= 0.3 is 0 Å². The second kappa shape index (κ2) is 4.06. The Kier molecular flexibility index (Phi) is 2.72. The van der Waals surface area contributed by atoms with Crippen LogP contribution in [0.25, 0.3) is 10.9 Å². The van der Waals surface area contributed by atoms with E-state index >= 15 is 0 Å². The first-order chi connectivity index (χ1) is 8.04. The predicted molar refractivity (Wildman–Crippen MR) is 68.1 cm³/mol. The molecule has 0 aliphatic rings. The van der Waals surface area contributed by atoms with Crippen molar-refractivity contribution in [3.8, 4) is 6.07 Å². The fraction of sp³-hybridized carbons (Fsp3) is 0.286. The molecule has 0 aliphatic carbocycles. The van der Waals surface area contributed by atoms with E-state index < -0.39 is 0 Å². The smallest absolute Gasteiger partial charge is 0.266 e. The molecule has 0 amide bonds. The Morgan fingerprint density at radius 3 is 2.65 bits per heavy atom. The van der Waals surface area contributed by atoms with E-state index in [9.17, 15) is 4.79 Å². The summed E-state index contributed by atoms with van der Waals surface area (Å²) < 4.78 is 0. The van der Waals surface area contributed by atoms with E-state index in [0.717, 1.165) is 16.5 Å². The molecule has 1 aromatic carbocycles. The lowest BCUT2D eigenvalue weighted by Gasteiger charge is -2.09. The molecule has 17 heavy (non-hydrogen) atoms. The van der Waals surface area contributed by atoms with Crippen molar-refractivity contribution in [1.82, 2.24) is 4.98 Å². The largest absolute Gasteiger partial charge is 0.321 e. The van der Waals surface area contributed by atoms with E-state index in [-0.39, 0.29) is 11.1 Å². The lowest BCUT2D eigenvalue weighted by Crippen LogP contribution is -2.12. The maximum atomic E-state index is 11.6. The van der Waals surface area contributed by atoms with Crippen molar-refractivity contribution in [2.45, 2.75) is 26.7 Å². The number of aromatic amines is 1. The molecule has 0 atom stereocenters. The minimum Gasteiger partial charge on any atom is -0.321 e. The number of benzene rings is 1. The number of nitrogens with one attached hydrogen (secondary N) is 1. The highest BCUT2D eigenvalue weighted by Crippen LogP contribution is 2.22. The highest BCUT2D eigenvalue weighted by atomic mass is 16.1. The van der Waals surface area contributed by atoms with E-state index in [1.807, 2.05) is 31.2 Å². The zero-order valence-electron chi connectivity index (χ0n) is 10.2. The lowest BCUT2D eigenvalue weighted by atomic mass is 9.98. The fourth-order valence-corrected chi connectivity index (χ4v) is 1.96. The van der Waals surface area contributed by atoms with Crippen LogP contribution in [0.4, 0.5) is 0 Å². The summed E-state index contributed by atoms with van der Waals surface area (Å²) in [6.07, 6.45) is 0. The van der Waals surface area contributed by atoms with Crippen molar-refractivity contribution in [2.75, 3.05) is 0 Å². The normalized spacial score (nSPS) is 10.8. The molecule has 1 aromatic heterocycles. The molecule has 86 valence electrons.